The molecule has 0 spiro atoms. The number of methoxy groups -OCH3 is 1. The van der Waals surface area contributed by atoms with Crippen molar-refractivity contribution in [2.75, 3.05) is 40.0 Å². The van der Waals surface area contributed by atoms with Crippen molar-refractivity contribution in [1.29, 1.82) is 0 Å². The summed E-state index contributed by atoms with van der Waals surface area (Å²) in [6, 6.07) is 13.6. The summed E-state index contributed by atoms with van der Waals surface area (Å²) >= 11 is 0. The number of rotatable bonds is 9. The second-order valence-corrected chi connectivity index (χ2v) is 9.29. The maximum absolute atomic E-state index is 12.5. The molecule has 0 radical (unpaired) electrons. The number of amides is 1. The highest BCUT2D eigenvalue weighted by atomic mass is 32.2. The molecule has 0 bridgehead atoms. The Bertz CT molecular complexity index is 955. The zero-order valence-corrected chi connectivity index (χ0v) is 18.6. The molecule has 2 aromatic rings. The van der Waals surface area contributed by atoms with Gasteiger partial charge in [-0.1, -0.05) is 12.1 Å². The van der Waals surface area contributed by atoms with Crippen LogP contribution < -0.4 is 14.8 Å². The third-order valence-corrected chi connectivity index (χ3v) is 6.72. The van der Waals surface area contributed by atoms with Gasteiger partial charge in [0.1, 0.15) is 18.1 Å². The van der Waals surface area contributed by atoms with Gasteiger partial charge in [-0.3, -0.25) is 4.79 Å². The highest BCUT2D eigenvalue weighted by molar-refractivity contribution is 7.88. The first-order valence-corrected chi connectivity index (χ1v) is 11.7. The van der Waals surface area contributed by atoms with Crippen LogP contribution in [0.15, 0.2) is 48.5 Å². The summed E-state index contributed by atoms with van der Waals surface area (Å²) < 4.78 is 42.5. The Labute approximate surface area is 183 Å². The molecule has 8 nitrogen and oxygen atoms in total. The molecule has 9 heteroatoms. The lowest BCUT2D eigenvalue weighted by atomic mass is 10.1. The summed E-state index contributed by atoms with van der Waals surface area (Å²) in [6.45, 7) is 3.74. The van der Waals surface area contributed by atoms with E-state index in [9.17, 15) is 13.2 Å². The van der Waals surface area contributed by atoms with E-state index in [1.54, 1.807) is 55.6 Å². The molecule has 1 N–H and O–H groups in total. The quantitative estimate of drug-likeness (QED) is 0.631. The number of ether oxygens (including phenoxy) is 3. The maximum atomic E-state index is 12.5. The Balaban J connectivity index is 1.49. The summed E-state index contributed by atoms with van der Waals surface area (Å²) in [6.07, 6.45) is 0. The van der Waals surface area contributed by atoms with Crippen molar-refractivity contribution in [3.05, 3.63) is 59.7 Å². The predicted molar refractivity (Wildman–Crippen MR) is 117 cm³/mol. The van der Waals surface area contributed by atoms with E-state index in [-0.39, 0.29) is 17.7 Å². The van der Waals surface area contributed by atoms with Crippen molar-refractivity contribution in [1.82, 2.24) is 9.62 Å². The molecule has 0 saturated carbocycles. The molecule has 1 atom stereocenters. The first-order chi connectivity index (χ1) is 14.9. The van der Waals surface area contributed by atoms with Crippen LogP contribution in [0.5, 0.6) is 11.5 Å². The zero-order chi connectivity index (χ0) is 22.3. The van der Waals surface area contributed by atoms with Crippen molar-refractivity contribution in [2.45, 2.75) is 18.7 Å². The number of benzene rings is 2. The van der Waals surface area contributed by atoms with Gasteiger partial charge in [-0.2, -0.15) is 4.31 Å². The van der Waals surface area contributed by atoms with Crippen molar-refractivity contribution in [3.8, 4) is 11.5 Å². The fourth-order valence-electron chi connectivity index (χ4n) is 3.12. The van der Waals surface area contributed by atoms with Gasteiger partial charge in [0.2, 0.25) is 10.0 Å². The second kappa shape index (κ2) is 10.6. The fourth-order valence-corrected chi connectivity index (χ4v) is 4.62. The molecular weight excluding hydrogens is 420 g/mol. The standard InChI is InChI=1S/C22H28N2O6S/c1-17(15-30-21-9-7-20(28-2)8-10-21)23-22(25)19-5-3-18(4-6-19)16-31(26,27)24-11-13-29-14-12-24/h3-10,17H,11-16H2,1-2H3,(H,23,25)/t17-/m1/s1. The fraction of sp³-hybridized carbons (Fsp3) is 0.409. The molecule has 3 rings (SSSR count). The van der Waals surface area contributed by atoms with E-state index in [1.807, 2.05) is 6.92 Å². The van der Waals surface area contributed by atoms with Crippen LogP contribution in [0.4, 0.5) is 0 Å². The largest absolute Gasteiger partial charge is 0.497 e. The Morgan fingerprint density at radius 3 is 2.29 bits per heavy atom. The first kappa shape index (κ1) is 23.1. The molecule has 1 saturated heterocycles. The highest BCUT2D eigenvalue weighted by Crippen LogP contribution is 2.17. The number of carbonyl (C=O) groups is 1. The van der Waals surface area contributed by atoms with E-state index in [0.717, 1.165) is 5.75 Å². The summed E-state index contributed by atoms with van der Waals surface area (Å²) in [5.74, 6) is 1.09. The average molecular weight is 449 g/mol. The molecule has 0 aromatic heterocycles. The van der Waals surface area contributed by atoms with Gasteiger partial charge in [0.05, 0.1) is 32.1 Å². The number of sulfonamides is 1. The first-order valence-electron chi connectivity index (χ1n) is 10.1. The van der Waals surface area contributed by atoms with Crippen LogP contribution in [-0.2, 0) is 20.5 Å². The van der Waals surface area contributed by atoms with Crippen LogP contribution in [-0.4, -0.2) is 64.7 Å². The number of hydrogen-bond donors (Lipinski definition) is 1. The van der Waals surface area contributed by atoms with Crippen LogP contribution in [0.1, 0.15) is 22.8 Å². The summed E-state index contributed by atoms with van der Waals surface area (Å²) in [4.78, 5) is 12.5. The lowest BCUT2D eigenvalue weighted by molar-refractivity contribution is 0.0729. The normalized spacial score (nSPS) is 15.8. The van der Waals surface area contributed by atoms with Crippen LogP contribution in [0.3, 0.4) is 0 Å². The average Bonchev–Trinajstić information content (AvgIpc) is 2.79. The minimum absolute atomic E-state index is 0.0962. The molecule has 1 aliphatic rings. The van der Waals surface area contributed by atoms with Crippen LogP contribution in [0.25, 0.3) is 0 Å². The lowest BCUT2D eigenvalue weighted by Crippen LogP contribution is -2.41. The number of nitrogens with one attached hydrogen (secondary N) is 1. The summed E-state index contributed by atoms with van der Waals surface area (Å²) in [7, 11) is -1.80. The number of carbonyl (C=O) groups excluding carboxylic acids is 1. The maximum Gasteiger partial charge on any atom is 0.251 e. The number of hydrogen-bond acceptors (Lipinski definition) is 6. The summed E-state index contributed by atoms with van der Waals surface area (Å²) in [5.41, 5.74) is 1.10. The lowest BCUT2D eigenvalue weighted by Gasteiger charge is -2.26. The predicted octanol–water partition coefficient (Wildman–Crippen LogP) is 2.05. The van der Waals surface area contributed by atoms with Crippen molar-refractivity contribution in [3.63, 3.8) is 0 Å². The molecule has 2 aromatic carbocycles. The Kier molecular flexibility index (Phi) is 7.89. The molecule has 31 heavy (non-hydrogen) atoms. The smallest absolute Gasteiger partial charge is 0.251 e. The number of morpholine rings is 1. The van der Waals surface area contributed by atoms with Crippen molar-refractivity contribution >= 4 is 15.9 Å². The minimum atomic E-state index is -3.40. The van der Waals surface area contributed by atoms with E-state index in [0.29, 0.717) is 49.8 Å². The molecule has 1 fully saturated rings. The molecular formula is C22H28N2O6S. The highest BCUT2D eigenvalue weighted by Gasteiger charge is 2.24. The Morgan fingerprint density at radius 1 is 1.06 bits per heavy atom. The van der Waals surface area contributed by atoms with Gasteiger partial charge in [-0.05, 0) is 48.9 Å². The Hall–Kier alpha value is -2.62. The van der Waals surface area contributed by atoms with Gasteiger partial charge < -0.3 is 19.5 Å². The SMILES string of the molecule is COc1ccc(OC[C@@H](C)NC(=O)c2ccc(CS(=O)(=O)N3CCOCC3)cc2)cc1. The van der Waals surface area contributed by atoms with Gasteiger partial charge in [-0.15, -0.1) is 0 Å². The second-order valence-electron chi connectivity index (χ2n) is 7.33. The molecule has 0 aliphatic carbocycles. The molecule has 168 valence electrons. The van der Waals surface area contributed by atoms with Gasteiger partial charge in [0.25, 0.3) is 5.91 Å². The monoisotopic (exact) mass is 448 g/mol. The Morgan fingerprint density at radius 2 is 1.68 bits per heavy atom. The van der Waals surface area contributed by atoms with E-state index >= 15 is 0 Å². The molecule has 1 heterocycles. The minimum Gasteiger partial charge on any atom is -0.497 e. The van der Waals surface area contributed by atoms with Crippen LogP contribution >= 0.6 is 0 Å². The van der Waals surface area contributed by atoms with Gasteiger partial charge in [0.15, 0.2) is 0 Å². The van der Waals surface area contributed by atoms with Crippen molar-refractivity contribution < 1.29 is 27.4 Å². The van der Waals surface area contributed by atoms with E-state index in [4.69, 9.17) is 14.2 Å². The van der Waals surface area contributed by atoms with Crippen molar-refractivity contribution in [2.24, 2.45) is 0 Å². The number of nitrogens with zero attached hydrogens (tertiary/aromatic N) is 1. The third-order valence-electron chi connectivity index (χ3n) is 4.87. The van der Waals surface area contributed by atoms with E-state index in [2.05, 4.69) is 5.32 Å². The third kappa shape index (κ3) is 6.68. The van der Waals surface area contributed by atoms with Gasteiger partial charge >= 0.3 is 0 Å². The zero-order valence-electron chi connectivity index (χ0n) is 17.7. The topological polar surface area (TPSA) is 94.2 Å². The molecule has 0 unspecified atom stereocenters. The van der Waals surface area contributed by atoms with Gasteiger partial charge in [0, 0.05) is 18.7 Å². The van der Waals surface area contributed by atoms with E-state index < -0.39 is 10.0 Å². The molecule has 1 amide bonds. The van der Waals surface area contributed by atoms with Crippen LogP contribution in [0.2, 0.25) is 0 Å². The summed E-state index contributed by atoms with van der Waals surface area (Å²) in [5, 5.41) is 2.88. The van der Waals surface area contributed by atoms with Gasteiger partial charge in [-0.25, -0.2) is 8.42 Å². The van der Waals surface area contributed by atoms with Crippen LogP contribution in [0, 0.1) is 0 Å². The van der Waals surface area contributed by atoms with E-state index in [1.165, 1.54) is 4.31 Å². The molecule has 1 aliphatic heterocycles.